The predicted molar refractivity (Wildman–Crippen MR) is 247 cm³/mol. The number of hydrogen-bond donors (Lipinski definition) is 0. The lowest BCUT2D eigenvalue weighted by Gasteiger charge is -2.36. The van der Waals surface area contributed by atoms with Gasteiger partial charge in [-0.1, -0.05) is 213 Å². The molecule has 2 aliphatic carbocycles. The molecule has 3 heteroatoms. The Morgan fingerprint density at radius 1 is 0.283 bits per heavy atom. The quantitative estimate of drug-likeness (QED) is 0.162. The number of rotatable bonds is 7. The van der Waals surface area contributed by atoms with E-state index in [2.05, 4.69) is 164 Å². The van der Waals surface area contributed by atoms with Gasteiger partial charge < -0.3 is 0 Å². The van der Waals surface area contributed by atoms with Crippen molar-refractivity contribution < 1.29 is 0 Å². The van der Waals surface area contributed by atoms with E-state index in [1.54, 1.807) is 0 Å². The molecule has 0 aliphatic heterocycles. The van der Waals surface area contributed by atoms with Gasteiger partial charge in [-0.05, 0) is 85.7 Å². The molecule has 1 heterocycles. The molecule has 1 aromatic heterocycles. The second-order valence-corrected chi connectivity index (χ2v) is 16.3. The fourth-order valence-electron chi connectivity index (χ4n) is 9.77. The minimum Gasteiger partial charge on any atom is -0.208 e. The van der Waals surface area contributed by atoms with E-state index in [-0.39, 0.29) is 5.41 Å². The van der Waals surface area contributed by atoms with Crippen LogP contribution in [0.15, 0.2) is 200 Å². The van der Waals surface area contributed by atoms with Gasteiger partial charge in [-0.15, -0.1) is 0 Å². The number of aromatic nitrogens is 3. The van der Waals surface area contributed by atoms with Crippen LogP contribution in [0.2, 0.25) is 0 Å². The molecule has 0 unspecified atom stereocenters. The smallest absolute Gasteiger partial charge is 0.164 e. The van der Waals surface area contributed by atoms with E-state index < -0.39 is 0 Å². The summed E-state index contributed by atoms with van der Waals surface area (Å²) < 4.78 is 0. The van der Waals surface area contributed by atoms with Crippen molar-refractivity contribution >= 4 is 0 Å². The summed E-state index contributed by atoms with van der Waals surface area (Å²) in [6, 6.07) is 71.8. The molecule has 0 radical (unpaired) electrons. The lowest BCUT2D eigenvalue weighted by Crippen LogP contribution is -2.27. The summed E-state index contributed by atoms with van der Waals surface area (Å²) in [6.07, 6.45) is 6.43. The fraction of sp³-hybridized carbons (Fsp3) is 0.105. The van der Waals surface area contributed by atoms with Gasteiger partial charge in [0.05, 0.1) is 0 Å². The van der Waals surface area contributed by atoms with E-state index in [1.807, 2.05) is 36.4 Å². The third-order valence-corrected chi connectivity index (χ3v) is 12.8. The maximum atomic E-state index is 5.01. The molecule has 2 aliphatic rings. The van der Waals surface area contributed by atoms with Crippen LogP contribution in [-0.4, -0.2) is 15.0 Å². The highest BCUT2D eigenvalue weighted by molar-refractivity contribution is 5.93. The van der Waals surface area contributed by atoms with Crippen molar-refractivity contribution in [3.05, 3.63) is 211 Å². The number of fused-ring (bicyclic) bond motifs is 5. The zero-order valence-corrected chi connectivity index (χ0v) is 33.4. The molecule has 0 atom stereocenters. The first-order chi connectivity index (χ1) is 29.7. The molecule has 3 nitrogen and oxygen atoms in total. The Labute approximate surface area is 352 Å². The first kappa shape index (κ1) is 35.9. The van der Waals surface area contributed by atoms with Crippen molar-refractivity contribution in [1.82, 2.24) is 15.0 Å². The van der Waals surface area contributed by atoms with Gasteiger partial charge in [0, 0.05) is 22.1 Å². The van der Waals surface area contributed by atoms with E-state index in [0.717, 1.165) is 33.4 Å². The molecule has 0 N–H and O–H groups in total. The highest BCUT2D eigenvalue weighted by atomic mass is 15.0. The molecule has 11 rings (SSSR count). The van der Waals surface area contributed by atoms with Crippen molar-refractivity contribution in [1.29, 1.82) is 0 Å². The summed E-state index contributed by atoms with van der Waals surface area (Å²) in [5.41, 5.74) is 18.6. The summed E-state index contributed by atoms with van der Waals surface area (Å²) in [7, 11) is 0. The van der Waals surface area contributed by atoms with Crippen molar-refractivity contribution in [3.8, 4) is 89.8 Å². The summed E-state index contributed by atoms with van der Waals surface area (Å²) in [5.74, 6) is 1.95. The molecule has 0 bridgehead atoms. The second kappa shape index (κ2) is 15.2. The van der Waals surface area contributed by atoms with Gasteiger partial charge in [0.1, 0.15) is 0 Å². The summed E-state index contributed by atoms with van der Waals surface area (Å²) in [5, 5.41) is 0. The number of hydrogen-bond acceptors (Lipinski definition) is 3. The van der Waals surface area contributed by atoms with E-state index in [9.17, 15) is 0 Å². The van der Waals surface area contributed by atoms with Gasteiger partial charge in [-0.2, -0.15) is 0 Å². The van der Waals surface area contributed by atoms with Gasteiger partial charge in [0.2, 0.25) is 0 Å². The molecular formula is C57H43N3. The van der Waals surface area contributed by atoms with Gasteiger partial charge >= 0.3 is 0 Å². The van der Waals surface area contributed by atoms with Crippen molar-refractivity contribution in [2.24, 2.45) is 0 Å². The average molecular weight is 770 g/mol. The molecule has 8 aromatic carbocycles. The Balaban J connectivity index is 0.878. The van der Waals surface area contributed by atoms with Gasteiger partial charge in [-0.25, -0.2) is 15.0 Å². The minimum atomic E-state index is 0.154. The van der Waals surface area contributed by atoms with Crippen molar-refractivity contribution in [2.75, 3.05) is 0 Å². The Morgan fingerprint density at radius 2 is 0.667 bits per heavy atom. The molecule has 1 saturated carbocycles. The Bertz CT molecular complexity index is 2960. The first-order valence-electron chi connectivity index (χ1n) is 21.2. The molecule has 0 amide bonds. The van der Waals surface area contributed by atoms with Gasteiger partial charge in [0.15, 0.2) is 17.5 Å². The summed E-state index contributed by atoms with van der Waals surface area (Å²) in [6.45, 7) is 0. The van der Waals surface area contributed by atoms with E-state index in [1.165, 1.54) is 82.2 Å². The minimum absolute atomic E-state index is 0.154. The zero-order valence-electron chi connectivity index (χ0n) is 33.4. The van der Waals surface area contributed by atoms with Gasteiger partial charge in [0.25, 0.3) is 0 Å². The topological polar surface area (TPSA) is 38.7 Å². The van der Waals surface area contributed by atoms with Crippen molar-refractivity contribution in [3.63, 3.8) is 0 Å². The highest BCUT2D eigenvalue weighted by Gasteiger charge is 2.44. The van der Waals surface area contributed by atoms with Crippen LogP contribution in [0.3, 0.4) is 0 Å². The molecule has 1 spiro atoms. The van der Waals surface area contributed by atoms with Crippen LogP contribution in [0.1, 0.15) is 43.2 Å². The first-order valence-corrected chi connectivity index (χ1v) is 21.2. The molecule has 0 saturated heterocycles. The van der Waals surface area contributed by atoms with Crippen LogP contribution in [0, 0.1) is 0 Å². The highest BCUT2D eigenvalue weighted by Crippen LogP contribution is 2.57. The third kappa shape index (κ3) is 6.44. The van der Waals surface area contributed by atoms with Crippen molar-refractivity contribution in [2.45, 2.75) is 37.5 Å². The summed E-state index contributed by atoms with van der Waals surface area (Å²) in [4.78, 5) is 14.9. The normalized spacial score (nSPS) is 13.8. The Hall–Kier alpha value is -7.23. The SMILES string of the molecule is c1ccc(-c2ccc(-c3nc(-c4ccccc4)nc(-c4ccc(-c5ccc(-c6cccc(-c7cccc8c7-c7ccccc7C87CCCCC7)c6)cc5)cc4)n3)cc2)cc1. The van der Waals surface area contributed by atoms with E-state index in [4.69, 9.17) is 15.0 Å². The molecular weight excluding hydrogens is 727 g/mol. The van der Waals surface area contributed by atoms with Crippen LogP contribution in [0.5, 0.6) is 0 Å². The lowest BCUT2D eigenvalue weighted by atomic mass is 9.68. The largest absolute Gasteiger partial charge is 0.208 e. The summed E-state index contributed by atoms with van der Waals surface area (Å²) >= 11 is 0. The second-order valence-electron chi connectivity index (χ2n) is 16.3. The average Bonchev–Trinajstić information content (AvgIpc) is 3.60. The maximum absolute atomic E-state index is 5.01. The number of nitrogens with zero attached hydrogens (tertiary/aromatic N) is 3. The van der Waals surface area contributed by atoms with E-state index >= 15 is 0 Å². The Kier molecular flexibility index (Phi) is 9.08. The van der Waals surface area contributed by atoms with Crippen LogP contribution >= 0.6 is 0 Å². The van der Waals surface area contributed by atoms with Crippen LogP contribution in [0.4, 0.5) is 0 Å². The van der Waals surface area contributed by atoms with Crippen LogP contribution < -0.4 is 0 Å². The zero-order chi connectivity index (χ0) is 39.9. The Morgan fingerprint density at radius 3 is 1.25 bits per heavy atom. The fourth-order valence-corrected chi connectivity index (χ4v) is 9.77. The standard InChI is InChI=1S/C57H43N3/c1-4-14-39(15-5-1)40-28-32-45(33-29-40)55-58-54(44-16-6-2-7-17-44)59-56(60-55)46-34-30-42(31-35-46)41-24-26-43(27-25-41)47-18-12-19-48(38-47)49-21-13-23-52-53(49)50-20-8-9-22-51(50)57(52)36-10-3-11-37-57/h1-2,4-9,12-35,38H,3,10-11,36-37H2. The lowest BCUT2D eigenvalue weighted by molar-refractivity contribution is 0.353. The number of benzene rings is 8. The monoisotopic (exact) mass is 769 g/mol. The molecule has 286 valence electrons. The molecule has 1 fully saturated rings. The predicted octanol–water partition coefficient (Wildman–Crippen LogP) is 14.8. The van der Waals surface area contributed by atoms with Crippen LogP contribution in [0.25, 0.3) is 89.8 Å². The molecule has 60 heavy (non-hydrogen) atoms. The van der Waals surface area contributed by atoms with Gasteiger partial charge in [-0.3, -0.25) is 0 Å². The van der Waals surface area contributed by atoms with E-state index in [0.29, 0.717) is 17.5 Å². The van der Waals surface area contributed by atoms with Crippen LogP contribution in [-0.2, 0) is 5.41 Å². The molecule has 9 aromatic rings. The third-order valence-electron chi connectivity index (χ3n) is 12.8. The maximum Gasteiger partial charge on any atom is 0.164 e.